The number of ketones is 1. The topological polar surface area (TPSA) is 49.3 Å². The third-order valence-corrected chi connectivity index (χ3v) is 2.58. The first-order chi connectivity index (χ1) is 7.65. The summed E-state index contributed by atoms with van der Waals surface area (Å²) < 4.78 is 0. The molecule has 0 amide bonds. The van der Waals surface area contributed by atoms with Crippen LogP contribution in [0.15, 0.2) is 18.2 Å². The van der Waals surface area contributed by atoms with Crippen molar-refractivity contribution in [1.29, 1.82) is 0 Å². The fourth-order valence-electron chi connectivity index (χ4n) is 1.22. The SMILES string of the molecule is O=C(CNCCCO)c1ccc(Cl)cc1Cl. The zero-order valence-corrected chi connectivity index (χ0v) is 10.2. The molecule has 0 heterocycles. The van der Waals surface area contributed by atoms with Gasteiger partial charge in [-0.25, -0.2) is 0 Å². The fraction of sp³-hybridized carbons (Fsp3) is 0.364. The van der Waals surface area contributed by atoms with Crippen LogP contribution in [0.4, 0.5) is 0 Å². The Morgan fingerprint density at radius 3 is 2.75 bits per heavy atom. The van der Waals surface area contributed by atoms with E-state index in [1.807, 2.05) is 0 Å². The molecule has 5 heteroatoms. The van der Waals surface area contributed by atoms with Crippen LogP contribution in [0, 0.1) is 0 Å². The van der Waals surface area contributed by atoms with Crippen molar-refractivity contribution in [2.75, 3.05) is 19.7 Å². The number of carbonyl (C=O) groups is 1. The second-order valence-electron chi connectivity index (χ2n) is 3.30. The molecule has 2 N–H and O–H groups in total. The van der Waals surface area contributed by atoms with Crippen molar-refractivity contribution in [3.63, 3.8) is 0 Å². The van der Waals surface area contributed by atoms with Gasteiger partial charge in [-0.3, -0.25) is 4.79 Å². The van der Waals surface area contributed by atoms with Gasteiger partial charge in [-0.2, -0.15) is 0 Å². The van der Waals surface area contributed by atoms with E-state index in [1.165, 1.54) is 0 Å². The van der Waals surface area contributed by atoms with Crippen molar-refractivity contribution in [2.45, 2.75) is 6.42 Å². The van der Waals surface area contributed by atoms with Crippen molar-refractivity contribution < 1.29 is 9.90 Å². The van der Waals surface area contributed by atoms with E-state index in [4.69, 9.17) is 28.3 Å². The van der Waals surface area contributed by atoms with Gasteiger partial charge in [0.1, 0.15) is 0 Å². The van der Waals surface area contributed by atoms with Crippen molar-refractivity contribution in [1.82, 2.24) is 5.32 Å². The Morgan fingerprint density at radius 1 is 1.38 bits per heavy atom. The highest BCUT2D eigenvalue weighted by molar-refractivity contribution is 6.36. The van der Waals surface area contributed by atoms with Crippen LogP contribution >= 0.6 is 23.2 Å². The first-order valence-electron chi connectivity index (χ1n) is 4.95. The predicted octanol–water partition coefficient (Wildman–Crippen LogP) is 2.15. The average Bonchev–Trinajstić information content (AvgIpc) is 2.24. The number of halogens is 2. The van der Waals surface area contributed by atoms with Crippen LogP contribution in [0.3, 0.4) is 0 Å². The van der Waals surface area contributed by atoms with E-state index >= 15 is 0 Å². The summed E-state index contributed by atoms with van der Waals surface area (Å²) in [6.07, 6.45) is 0.627. The smallest absolute Gasteiger partial charge is 0.178 e. The number of carbonyl (C=O) groups excluding carboxylic acids is 1. The van der Waals surface area contributed by atoms with E-state index in [0.29, 0.717) is 28.6 Å². The normalized spacial score (nSPS) is 10.4. The second-order valence-corrected chi connectivity index (χ2v) is 4.14. The van der Waals surface area contributed by atoms with Crippen LogP contribution in [0.25, 0.3) is 0 Å². The first-order valence-corrected chi connectivity index (χ1v) is 5.70. The number of aliphatic hydroxyl groups is 1. The van der Waals surface area contributed by atoms with Crippen LogP contribution in [-0.4, -0.2) is 30.6 Å². The van der Waals surface area contributed by atoms with E-state index in [0.717, 1.165) is 0 Å². The predicted molar refractivity (Wildman–Crippen MR) is 65.4 cm³/mol. The summed E-state index contributed by atoms with van der Waals surface area (Å²) in [5.74, 6) is -0.0837. The molecule has 0 aliphatic carbocycles. The molecule has 0 fully saturated rings. The number of hydrogen-bond acceptors (Lipinski definition) is 3. The first kappa shape index (κ1) is 13.5. The summed E-state index contributed by atoms with van der Waals surface area (Å²) in [6.45, 7) is 0.928. The minimum absolute atomic E-state index is 0.0837. The number of hydrogen-bond donors (Lipinski definition) is 2. The molecule has 0 bridgehead atoms. The highest BCUT2D eigenvalue weighted by Gasteiger charge is 2.09. The minimum atomic E-state index is -0.0837. The number of benzene rings is 1. The summed E-state index contributed by atoms with van der Waals surface area (Å²) in [5.41, 5.74) is 0.461. The lowest BCUT2D eigenvalue weighted by Crippen LogP contribution is -2.24. The molecule has 1 aromatic carbocycles. The number of rotatable bonds is 6. The van der Waals surface area contributed by atoms with Gasteiger partial charge in [0.15, 0.2) is 5.78 Å². The third-order valence-electron chi connectivity index (χ3n) is 2.03. The van der Waals surface area contributed by atoms with Gasteiger partial charge in [0, 0.05) is 17.2 Å². The van der Waals surface area contributed by atoms with Gasteiger partial charge in [-0.15, -0.1) is 0 Å². The molecule has 3 nitrogen and oxygen atoms in total. The quantitative estimate of drug-likeness (QED) is 0.610. The van der Waals surface area contributed by atoms with Crippen LogP contribution in [0.2, 0.25) is 10.0 Å². The van der Waals surface area contributed by atoms with Crippen molar-refractivity contribution in [2.24, 2.45) is 0 Å². The van der Waals surface area contributed by atoms with Crippen molar-refractivity contribution >= 4 is 29.0 Å². The standard InChI is InChI=1S/C11H13Cl2NO2/c12-8-2-3-9(10(13)6-8)11(16)7-14-4-1-5-15/h2-3,6,14-15H,1,4-5,7H2. The molecule has 0 aliphatic rings. The van der Waals surface area contributed by atoms with Gasteiger partial charge in [-0.1, -0.05) is 23.2 Å². The Hall–Kier alpha value is -0.610. The van der Waals surface area contributed by atoms with Crippen LogP contribution < -0.4 is 5.32 Å². The molecule has 1 aromatic rings. The summed E-state index contributed by atoms with van der Waals surface area (Å²) in [6, 6.07) is 4.79. The lowest BCUT2D eigenvalue weighted by Gasteiger charge is -2.05. The molecule has 88 valence electrons. The largest absolute Gasteiger partial charge is 0.396 e. The Bertz CT molecular complexity index is 369. The molecule has 0 saturated heterocycles. The van der Waals surface area contributed by atoms with Gasteiger partial charge in [0.25, 0.3) is 0 Å². The maximum Gasteiger partial charge on any atom is 0.178 e. The summed E-state index contributed by atoms with van der Waals surface area (Å²) in [7, 11) is 0. The van der Waals surface area contributed by atoms with E-state index in [9.17, 15) is 4.79 Å². The molecule has 0 saturated carbocycles. The van der Waals surface area contributed by atoms with Gasteiger partial charge >= 0.3 is 0 Å². The van der Waals surface area contributed by atoms with Crippen LogP contribution in [0.1, 0.15) is 16.8 Å². The fourth-order valence-corrected chi connectivity index (χ4v) is 1.73. The summed E-state index contributed by atoms with van der Waals surface area (Å²) in [5, 5.41) is 12.4. The molecule has 0 atom stereocenters. The van der Waals surface area contributed by atoms with E-state index < -0.39 is 0 Å². The molecule has 0 aromatic heterocycles. The lowest BCUT2D eigenvalue weighted by atomic mass is 10.1. The average molecular weight is 262 g/mol. The maximum atomic E-state index is 11.7. The van der Waals surface area contributed by atoms with Gasteiger partial charge in [-0.05, 0) is 31.2 Å². The Labute approximate surface area is 104 Å². The molecule has 16 heavy (non-hydrogen) atoms. The van der Waals surface area contributed by atoms with Crippen LogP contribution in [-0.2, 0) is 0 Å². The molecular formula is C11H13Cl2NO2. The Morgan fingerprint density at radius 2 is 2.12 bits per heavy atom. The Balaban J connectivity index is 2.53. The minimum Gasteiger partial charge on any atom is -0.396 e. The van der Waals surface area contributed by atoms with Crippen molar-refractivity contribution in [3.8, 4) is 0 Å². The maximum absolute atomic E-state index is 11.7. The number of nitrogens with one attached hydrogen (secondary N) is 1. The zero-order chi connectivity index (χ0) is 12.0. The number of Topliss-reactive ketones (excluding diaryl/α,β-unsaturated/α-hetero) is 1. The molecule has 1 rings (SSSR count). The van der Waals surface area contributed by atoms with Gasteiger partial charge in [0.2, 0.25) is 0 Å². The van der Waals surface area contributed by atoms with Gasteiger partial charge < -0.3 is 10.4 Å². The summed E-state index contributed by atoms with van der Waals surface area (Å²) in [4.78, 5) is 11.7. The Kier molecular flexibility index (Phi) is 5.77. The van der Waals surface area contributed by atoms with Gasteiger partial charge in [0.05, 0.1) is 11.6 Å². The monoisotopic (exact) mass is 261 g/mol. The zero-order valence-electron chi connectivity index (χ0n) is 8.67. The third kappa shape index (κ3) is 4.10. The summed E-state index contributed by atoms with van der Waals surface area (Å²) >= 11 is 11.6. The lowest BCUT2D eigenvalue weighted by molar-refractivity contribution is 0.0990. The van der Waals surface area contributed by atoms with Crippen molar-refractivity contribution in [3.05, 3.63) is 33.8 Å². The molecule has 0 radical (unpaired) electrons. The number of aliphatic hydroxyl groups excluding tert-OH is 1. The van der Waals surface area contributed by atoms with E-state index in [1.54, 1.807) is 18.2 Å². The molecule has 0 unspecified atom stereocenters. The highest BCUT2D eigenvalue weighted by Crippen LogP contribution is 2.21. The second kappa shape index (κ2) is 6.86. The van der Waals surface area contributed by atoms with E-state index in [2.05, 4.69) is 5.32 Å². The molecule has 0 spiro atoms. The molecule has 0 aliphatic heterocycles. The molecular weight excluding hydrogens is 249 g/mol. The van der Waals surface area contributed by atoms with E-state index in [-0.39, 0.29) is 18.9 Å². The van der Waals surface area contributed by atoms with Crippen LogP contribution in [0.5, 0.6) is 0 Å². The highest BCUT2D eigenvalue weighted by atomic mass is 35.5.